The summed E-state index contributed by atoms with van der Waals surface area (Å²) in [5.74, 6) is -0.181. The fourth-order valence-electron chi connectivity index (χ4n) is 1.09. The normalized spacial score (nSPS) is 15.3. The topological polar surface area (TPSA) is 73.6 Å². The zero-order valence-electron chi connectivity index (χ0n) is 9.24. The lowest BCUT2D eigenvalue weighted by atomic mass is 10.2. The number of hydrogen-bond acceptors (Lipinski definition) is 4. The molecule has 0 heterocycles. The van der Waals surface area contributed by atoms with Crippen molar-refractivity contribution in [1.82, 2.24) is 5.32 Å². The van der Waals surface area contributed by atoms with Crippen LogP contribution >= 0.6 is 0 Å². The molecule has 0 aromatic carbocycles. The van der Waals surface area contributed by atoms with Crippen molar-refractivity contribution in [2.45, 2.75) is 38.6 Å². The van der Waals surface area contributed by atoms with Crippen LogP contribution in [0.25, 0.3) is 0 Å². The third kappa shape index (κ3) is 4.04. The fourth-order valence-corrected chi connectivity index (χ4v) is 1.09. The van der Waals surface area contributed by atoms with Gasteiger partial charge in [-0.15, -0.1) is 0 Å². The molecule has 1 unspecified atom stereocenters. The first-order chi connectivity index (χ1) is 6.56. The first-order valence-electron chi connectivity index (χ1n) is 4.68. The Morgan fingerprint density at radius 2 is 1.93 bits per heavy atom. The molecule has 2 atom stereocenters. The lowest BCUT2D eigenvalue weighted by molar-refractivity contribution is -0.136. The summed E-state index contributed by atoms with van der Waals surface area (Å²) in [5, 5.41) is 2.72. The minimum absolute atomic E-state index is 0.181. The summed E-state index contributed by atoms with van der Waals surface area (Å²) < 4.78 is 10.00. The molecule has 0 aromatic heterocycles. The summed E-state index contributed by atoms with van der Waals surface area (Å²) in [6.45, 7) is 3.66. The van der Waals surface area contributed by atoms with Gasteiger partial charge in [-0.25, -0.2) is 0 Å². The Labute approximate surface area is 84.9 Å². The van der Waals surface area contributed by atoms with Crippen LogP contribution < -0.4 is 11.1 Å². The van der Waals surface area contributed by atoms with Gasteiger partial charge in [0, 0.05) is 14.2 Å². The number of carbonyl (C=O) groups excluding carboxylic acids is 1. The zero-order valence-corrected chi connectivity index (χ0v) is 9.24. The maximum absolute atomic E-state index is 11.4. The highest BCUT2D eigenvalue weighted by atomic mass is 16.7. The summed E-state index contributed by atoms with van der Waals surface area (Å²) >= 11 is 0. The van der Waals surface area contributed by atoms with Gasteiger partial charge in [-0.3, -0.25) is 4.79 Å². The number of hydrogen-bond donors (Lipinski definition) is 2. The van der Waals surface area contributed by atoms with Crippen LogP contribution in [-0.4, -0.2) is 38.5 Å². The molecule has 3 N–H and O–H groups in total. The fraction of sp³-hybridized carbons (Fsp3) is 0.889. The average Bonchev–Trinajstić information content (AvgIpc) is 2.18. The number of nitrogens with two attached hydrogens (primary N) is 1. The maximum Gasteiger partial charge on any atom is 0.237 e. The van der Waals surface area contributed by atoms with E-state index in [1.807, 2.05) is 6.92 Å². The standard InChI is InChI=1S/C9H20N2O3/c1-5-7(10)8(12)11-6(2)9(13-3)14-4/h6-7,9H,5,10H2,1-4H3,(H,11,12)/t6?,7-/m1/s1. The molecule has 0 spiro atoms. The van der Waals surface area contributed by atoms with Crippen molar-refractivity contribution < 1.29 is 14.3 Å². The van der Waals surface area contributed by atoms with Crippen LogP contribution in [0.4, 0.5) is 0 Å². The van der Waals surface area contributed by atoms with E-state index in [2.05, 4.69) is 5.32 Å². The van der Waals surface area contributed by atoms with Gasteiger partial charge in [0.25, 0.3) is 0 Å². The van der Waals surface area contributed by atoms with Gasteiger partial charge >= 0.3 is 0 Å². The Kier molecular flexibility index (Phi) is 6.44. The van der Waals surface area contributed by atoms with Crippen LogP contribution in [-0.2, 0) is 14.3 Å². The van der Waals surface area contributed by atoms with Crippen LogP contribution in [0.5, 0.6) is 0 Å². The summed E-state index contributed by atoms with van der Waals surface area (Å²) in [7, 11) is 3.05. The molecular weight excluding hydrogens is 184 g/mol. The third-order valence-corrected chi connectivity index (χ3v) is 2.02. The number of ether oxygens (including phenoxy) is 2. The number of carbonyl (C=O) groups is 1. The van der Waals surface area contributed by atoms with Gasteiger partial charge in [0.15, 0.2) is 6.29 Å². The van der Waals surface area contributed by atoms with E-state index in [9.17, 15) is 4.79 Å². The van der Waals surface area contributed by atoms with Crippen molar-refractivity contribution in [1.29, 1.82) is 0 Å². The zero-order chi connectivity index (χ0) is 11.1. The summed E-state index contributed by atoms with van der Waals surface area (Å²) in [4.78, 5) is 11.4. The minimum atomic E-state index is -0.466. The van der Waals surface area contributed by atoms with E-state index in [0.29, 0.717) is 6.42 Å². The van der Waals surface area contributed by atoms with Crippen molar-refractivity contribution in [3.05, 3.63) is 0 Å². The molecule has 0 fully saturated rings. The van der Waals surface area contributed by atoms with Gasteiger partial charge in [0.2, 0.25) is 5.91 Å². The van der Waals surface area contributed by atoms with Gasteiger partial charge in [0.05, 0.1) is 12.1 Å². The Bertz CT molecular complexity index is 171. The first kappa shape index (κ1) is 13.4. The SMILES string of the molecule is CC[C@@H](N)C(=O)NC(C)C(OC)OC. The van der Waals surface area contributed by atoms with Gasteiger partial charge < -0.3 is 20.5 Å². The van der Waals surface area contributed by atoms with Gasteiger partial charge in [-0.1, -0.05) is 6.92 Å². The highest BCUT2D eigenvalue weighted by molar-refractivity contribution is 5.81. The van der Waals surface area contributed by atoms with Gasteiger partial charge in [-0.2, -0.15) is 0 Å². The Morgan fingerprint density at radius 3 is 2.29 bits per heavy atom. The largest absolute Gasteiger partial charge is 0.354 e. The monoisotopic (exact) mass is 204 g/mol. The molecule has 0 radical (unpaired) electrons. The van der Waals surface area contributed by atoms with E-state index in [4.69, 9.17) is 15.2 Å². The number of amides is 1. The lowest BCUT2D eigenvalue weighted by Crippen LogP contribution is -2.49. The molecule has 5 nitrogen and oxygen atoms in total. The molecule has 0 aliphatic rings. The highest BCUT2D eigenvalue weighted by Crippen LogP contribution is 1.99. The van der Waals surface area contributed by atoms with Crippen molar-refractivity contribution in [3.63, 3.8) is 0 Å². The van der Waals surface area contributed by atoms with Gasteiger partial charge in [-0.05, 0) is 13.3 Å². The van der Waals surface area contributed by atoms with Crippen molar-refractivity contribution >= 4 is 5.91 Å². The molecule has 0 saturated heterocycles. The van der Waals surface area contributed by atoms with E-state index in [-0.39, 0.29) is 11.9 Å². The molecule has 14 heavy (non-hydrogen) atoms. The lowest BCUT2D eigenvalue weighted by Gasteiger charge is -2.23. The van der Waals surface area contributed by atoms with Crippen LogP contribution in [0.15, 0.2) is 0 Å². The molecule has 0 aromatic rings. The van der Waals surface area contributed by atoms with E-state index >= 15 is 0 Å². The second kappa shape index (κ2) is 6.75. The molecule has 1 amide bonds. The summed E-state index contributed by atoms with van der Waals surface area (Å²) in [6, 6.07) is -0.679. The highest BCUT2D eigenvalue weighted by Gasteiger charge is 2.20. The summed E-state index contributed by atoms with van der Waals surface area (Å²) in [5.41, 5.74) is 5.55. The molecule has 0 aliphatic heterocycles. The number of methoxy groups -OCH3 is 2. The Balaban J connectivity index is 4.03. The molecule has 0 bridgehead atoms. The smallest absolute Gasteiger partial charge is 0.237 e. The van der Waals surface area contributed by atoms with Gasteiger partial charge in [0.1, 0.15) is 0 Å². The minimum Gasteiger partial charge on any atom is -0.354 e. The van der Waals surface area contributed by atoms with E-state index in [1.54, 1.807) is 6.92 Å². The first-order valence-corrected chi connectivity index (χ1v) is 4.68. The van der Waals surface area contributed by atoms with Crippen LogP contribution in [0.3, 0.4) is 0 Å². The van der Waals surface area contributed by atoms with Crippen LogP contribution in [0, 0.1) is 0 Å². The van der Waals surface area contributed by atoms with Crippen molar-refractivity contribution in [3.8, 4) is 0 Å². The van der Waals surface area contributed by atoms with E-state index in [0.717, 1.165) is 0 Å². The molecule has 5 heteroatoms. The second-order valence-corrected chi connectivity index (χ2v) is 3.15. The third-order valence-electron chi connectivity index (χ3n) is 2.02. The van der Waals surface area contributed by atoms with E-state index < -0.39 is 12.3 Å². The van der Waals surface area contributed by atoms with Crippen molar-refractivity contribution in [2.24, 2.45) is 5.73 Å². The quantitative estimate of drug-likeness (QED) is 0.590. The van der Waals surface area contributed by atoms with E-state index in [1.165, 1.54) is 14.2 Å². The Morgan fingerprint density at radius 1 is 1.43 bits per heavy atom. The molecule has 0 aliphatic carbocycles. The molecular formula is C9H20N2O3. The number of rotatable bonds is 6. The van der Waals surface area contributed by atoms with Crippen LogP contribution in [0.2, 0.25) is 0 Å². The molecule has 0 rings (SSSR count). The molecule has 84 valence electrons. The van der Waals surface area contributed by atoms with Crippen molar-refractivity contribution in [2.75, 3.05) is 14.2 Å². The Hall–Kier alpha value is -0.650. The average molecular weight is 204 g/mol. The van der Waals surface area contributed by atoms with Crippen LogP contribution in [0.1, 0.15) is 20.3 Å². The summed E-state index contributed by atoms with van der Waals surface area (Å²) in [6.07, 6.45) is 0.173. The molecule has 0 saturated carbocycles. The maximum atomic E-state index is 11.4. The number of nitrogens with one attached hydrogen (secondary N) is 1. The second-order valence-electron chi connectivity index (χ2n) is 3.15. The predicted molar refractivity (Wildman–Crippen MR) is 53.7 cm³/mol. The predicted octanol–water partition coefficient (Wildman–Crippen LogP) is -0.153.